The Labute approximate surface area is 162 Å². The van der Waals surface area contributed by atoms with Gasteiger partial charge in [0.2, 0.25) is 11.8 Å². The maximum atomic E-state index is 12.2. The Hall–Kier alpha value is -2.55. The van der Waals surface area contributed by atoms with E-state index in [1.165, 1.54) is 4.90 Å². The summed E-state index contributed by atoms with van der Waals surface area (Å²) in [6.45, 7) is -0.0630. The smallest absolute Gasteiger partial charge is 0.243 e. The van der Waals surface area contributed by atoms with E-state index in [4.69, 9.17) is 28.5 Å². The van der Waals surface area contributed by atoms with Crippen LogP contribution in [0.1, 0.15) is 17.5 Å². The van der Waals surface area contributed by atoms with Crippen molar-refractivity contribution in [2.45, 2.75) is 12.8 Å². The van der Waals surface area contributed by atoms with Crippen molar-refractivity contribution in [2.24, 2.45) is 0 Å². The second kappa shape index (κ2) is 9.23. The second-order valence-electron chi connectivity index (χ2n) is 5.74. The normalized spacial score (nSPS) is 10.1. The molecule has 0 fully saturated rings. The molecule has 0 saturated carbocycles. The molecule has 0 unspecified atom stereocenters. The molecule has 0 atom stereocenters. The molecule has 0 aliphatic heterocycles. The molecule has 0 saturated heterocycles. The zero-order chi connectivity index (χ0) is 19.1. The van der Waals surface area contributed by atoms with Crippen molar-refractivity contribution in [3.8, 4) is 6.07 Å². The van der Waals surface area contributed by atoms with Crippen molar-refractivity contribution in [1.29, 1.82) is 5.26 Å². The van der Waals surface area contributed by atoms with E-state index >= 15 is 0 Å². The fraction of sp³-hybridized carbons (Fsp3) is 0.211. The predicted octanol–water partition coefficient (Wildman–Crippen LogP) is 3.89. The lowest BCUT2D eigenvalue weighted by Crippen LogP contribution is -2.35. The van der Waals surface area contributed by atoms with Gasteiger partial charge < -0.3 is 10.2 Å². The number of likely N-dealkylation sites (N-methyl/N-ethyl adjacent to an activating group) is 1. The van der Waals surface area contributed by atoms with Gasteiger partial charge in [-0.15, -0.1) is 0 Å². The third kappa shape index (κ3) is 5.76. The van der Waals surface area contributed by atoms with Crippen LogP contribution in [-0.2, 0) is 16.0 Å². The van der Waals surface area contributed by atoms with Gasteiger partial charge in [-0.2, -0.15) is 5.26 Å². The van der Waals surface area contributed by atoms with Gasteiger partial charge in [-0.1, -0.05) is 35.3 Å². The number of benzene rings is 2. The first-order valence-electron chi connectivity index (χ1n) is 7.87. The number of nitriles is 1. The van der Waals surface area contributed by atoms with Crippen LogP contribution < -0.4 is 5.32 Å². The number of carbonyl (C=O) groups excluding carboxylic acids is 2. The monoisotopic (exact) mass is 389 g/mol. The Morgan fingerprint density at radius 2 is 1.81 bits per heavy atom. The molecule has 2 rings (SSSR count). The highest BCUT2D eigenvalue weighted by molar-refractivity contribution is 6.42. The van der Waals surface area contributed by atoms with Crippen LogP contribution in [0.25, 0.3) is 0 Å². The molecule has 2 aromatic carbocycles. The minimum atomic E-state index is -0.322. The van der Waals surface area contributed by atoms with Crippen LogP contribution >= 0.6 is 23.2 Å². The molecule has 0 aliphatic carbocycles. The fourth-order valence-electron chi connectivity index (χ4n) is 2.27. The van der Waals surface area contributed by atoms with E-state index in [0.717, 1.165) is 5.56 Å². The van der Waals surface area contributed by atoms with Gasteiger partial charge in [0.15, 0.2) is 0 Å². The van der Waals surface area contributed by atoms with E-state index in [2.05, 4.69) is 11.4 Å². The average Bonchev–Trinajstić information content (AvgIpc) is 2.63. The van der Waals surface area contributed by atoms with Crippen LogP contribution in [-0.4, -0.2) is 30.3 Å². The number of hydrogen-bond donors (Lipinski definition) is 1. The third-order valence-corrected chi connectivity index (χ3v) is 4.46. The van der Waals surface area contributed by atoms with E-state index < -0.39 is 0 Å². The number of hydrogen-bond acceptors (Lipinski definition) is 3. The topological polar surface area (TPSA) is 73.2 Å². The van der Waals surface area contributed by atoms with Crippen LogP contribution in [0, 0.1) is 11.3 Å². The van der Waals surface area contributed by atoms with Gasteiger partial charge in [-0.05, 0) is 42.3 Å². The van der Waals surface area contributed by atoms with Gasteiger partial charge in [0.1, 0.15) is 0 Å². The molecular formula is C19H17Cl2N3O2. The Morgan fingerprint density at radius 3 is 2.42 bits per heavy atom. The molecule has 1 N–H and O–H groups in total. The van der Waals surface area contributed by atoms with Crippen molar-refractivity contribution in [3.63, 3.8) is 0 Å². The molecule has 5 nitrogen and oxygen atoms in total. The first-order valence-corrected chi connectivity index (χ1v) is 8.62. The minimum absolute atomic E-state index is 0.0630. The third-order valence-electron chi connectivity index (χ3n) is 3.72. The second-order valence-corrected chi connectivity index (χ2v) is 6.55. The summed E-state index contributed by atoms with van der Waals surface area (Å²) in [6.07, 6.45) is 0.825. The molecule has 0 bridgehead atoms. The molecule has 0 aliphatic rings. The van der Waals surface area contributed by atoms with Crippen molar-refractivity contribution < 1.29 is 9.59 Å². The summed E-state index contributed by atoms with van der Waals surface area (Å²) in [5, 5.41) is 12.2. The highest BCUT2D eigenvalue weighted by Crippen LogP contribution is 2.24. The Kier molecular flexibility index (Phi) is 7.02. The van der Waals surface area contributed by atoms with Crippen LogP contribution in [0.3, 0.4) is 0 Å². The zero-order valence-electron chi connectivity index (χ0n) is 14.1. The number of amides is 2. The van der Waals surface area contributed by atoms with Gasteiger partial charge in [0, 0.05) is 19.2 Å². The Morgan fingerprint density at radius 1 is 1.12 bits per heavy atom. The molecular weight excluding hydrogens is 373 g/mol. The number of rotatable bonds is 6. The van der Waals surface area contributed by atoms with Crippen molar-refractivity contribution >= 4 is 40.7 Å². The molecule has 0 heterocycles. The molecule has 2 amide bonds. The standard InChI is InChI=1S/C19H17Cl2N3O2/c1-24(12-18(25)23-15-7-8-16(20)17(21)10-15)19(26)9-6-13-2-4-14(11-22)5-3-13/h2-5,7-8,10H,6,9,12H2,1H3,(H,23,25). The summed E-state index contributed by atoms with van der Waals surface area (Å²) in [5.74, 6) is -0.462. The van der Waals surface area contributed by atoms with Crippen LogP contribution in [0.15, 0.2) is 42.5 Å². The zero-order valence-corrected chi connectivity index (χ0v) is 15.6. The molecule has 26 heavy (non-hydrogen) atoms. The van der Waals surface area contributed by atoms with Gasteiger partial charge in [0.05, 0.1) is 28.2 Å². The van der Waals surface area contributed by atoms with Crippen LogP contribution in [0.4, 0.5) is 5.69 Å². The molecule has 0 spiro atoms. The number of carbonyl (C=O) groups is 2. The SMILES string of the molecule is CN(CC(=O)Nc1ccc(Cl)c(Cl)c1)C(=O)CCc1ccc(C#N)cc1. The summed E-state index contributed by atoms with van der Waals surface area (Å²) >= 11 is 11.7. The lowest BCUT2D eigenvalue weighted by atomic mass is 10.1. The van der Waals surface area contributed by atoms with Crippen LogP contribution in [0.2, 0.25) is 10.0 Å². The Balaban J connectivity index is 1.82. The van der Waals surface area contributed by atoms with Crippen molar-refractivity contribution in [2.75, 3.05) is 18.9 Å². The molecule has 134 valence electrons. The maximum Gasteiger partial charge on any atom is 0.243 e. The van der Waals surface area contributed by atoms with Gasteiger partial charge in [-0.3, -0.25) is 9.59 Å². The van der Waals surface area contributed by atoms with Crippen molar-refractivity contribution in [3.05, 3.63) is 63.6 Å². The van der Waals surface area contributed by atoms with E-state index in [-0.39, 0.29) is 24.8 Å². The van der Waals surface area contributed by atoms with Gasteiger partial charge in [0.25, 0.3) is 0 Å². The average molecular weight is 390 g/mol. The lowest BCUT2D eigenvalue weighted by molar-refractivity contribution is -0.133. The Bertz CT molecular complexity index is 845. The van der Waals surface area contributed by atoms with E-state index in [1.54, 1.807) is 37.4 Å². The summed E-state index contributed by atoms with van der Waals surface area (Å²) in [7, 11) is 1.58. The summed E-state index contributed by atoms with van der Waals surface area (Å²) in [6, 6.07) is 13.9. The number of nitrogens with zero attached hydrogens (tertiary/aromatic N) is 2. The number of anilines is 1. The first kappa shape index (κ1) is 19.8. The molecule has 2 aromatic rings. The number of halogens is 2. The summed E-state index contributed by atoms with van der Waals surface area (Å²) in [4.78, 5) is 25.6. The minimum Gasteiger partial charge on any atom is -0.336 e. The maximum absolute atomic E-state index is 12.2. The largest absolute Gasteiger partial charge is 0.336 e. The van der Waals surface area contributed by atoms with E-state index in [0.29, 0.717) is 27.7 Å². The number of nitrogens with one attached hydrogen (secondary N) is 1. The van der Waals surface area contributed by atoms with E-state index in [9.17, 15) is 9.59 Å². The van der Waals surface area contributed by atoms with Crippen LogP contribution in [0.5, 0.6) is 0 Å². The van der Waals surface area contributed by atoms with Gasteiger partial charge in [-0.25, -0.2) is 0 Å². The quantitative estimate of drug-likeness (QED) is 0.813. The summed E-state index contributed by atoms with van der Waals surface area (Å²) < 4.78 is 0. The fourth-order valence-corrected chi connectivity index (χ4v) is 2.56. The highest BCUT2D eigenvalue weighted by atomic mass is 35.5. The van der Waals surface area contributed by atoms with Crippen molar-refractivity contribution in [1.82, 2.24) is 4.90 Å². The molecule has 0 radical (unpaired) electrons. The predicted molar refractivity (Wildman–Crippen MR) is 102 cm³/mol. The number of aryl methyl sites for hydroxylation is 1. The van der Waals surface area contributed by atoms with E-state index in [1.807, 2.05) is 12.1 Å². The summed E-state index contributed by atoms with van der Waals surface area (Å²) in [5.41, 5.74) is 2.06. The first-order chi connectivity index (χ1) is 12.4. The van der Waals surface area contributed by atoms with Gasteiger partial charge >= 0.3 is 0 Å². The molecule has 7 heteroatoms. The highest BCUT2D eigenvalue weighted by Gasteiger charge is 2.13. The lowest BCUT2D eigenvalue weighted by Gasteiger charge is -2.17. The molecule has 0 aromatic heterocycles.